The minimum Gasteiger partial charge on any atom is -1.00 e. The smallest absolute Gasteiger partial charge is 0.0955 e. The van der Waals surface area contributed by atoms with E-state index in [1.807, 2.05) is 0 Å². The summed E-state index contributed by atoms with van der Waals surface area (Å²) in [5.41, 5.74) is 0. The zero-order valence-electron chi connectivity index (χ0n) is 19.2. The molecular weight excluding hydrogens is 350 g/mol. The number of halogens is 1. The average molecular weight is 402 g/mol. The highest BCUT2D eigenvalue weighted by molar-refractivity contribution is 4.65. The van der Waals surface area contributed by atoms with Crippen molar-refractivity contribution in [2.24, 2.45) is 0 Å². The van der Waals surface area contributed by atoms with Crippen LogP contribution < -0.4 is 17.3 Å². The molecule has 1 N–H and O–H groups in total. The maximum absolute atomic E-state index is 3.95. The Bertz CT molecular complexity index is 259. The zero-order valence-corrected chi connectivity index (χ0v) is 19.9. The van der Waals surface area contributed by atoms with Crippen molar-refractivity contribution in [3.05, 3.63) is 12.7 Å². The topological polar surface area (TPSA) is 4.44 Å². The molecule has 0 amide bonds. The van der Waals surface area contributed by atoms with Gasteiger partial charge >= 0.3 is 0 Å². The maximum atomic E-state index is 3.95. The molecular formula is C25H52ClN. The Kier molecular flexibility index (Phi) is 26.0. The van der Waals surface area contributed by atoms with E-state index < -0.39 is 0 Å². The van der Waals surface area contributed by atoms with Crippen LogP contribution in [0, 0.1) is 0 Å². The molecule has 0 bridgehead atoms. The minimum atomic E-state index is 0. The molecule has 0 heterocycles. The van der Waals surface area contributed by atoms with Crippen LogP contribution in [0.25, 0.3) is 0 Å². The van der Waals surface area contributed by atoms with Gasteiger partial charge in [-0.3, -0.25) is 0 Å². The molecule has 0 aromatic heterocycles. The third-order valence-corrected chi connectivity index (χ3v) is 5.98. The highest BCUT2D eigenvalue weighted by Gasteiger charge is 2.16. The lowest BCUT2D eigenvalue weighted by Gasteiger charge is -2.24. The van der Waals surface area contributed by atoms with Gasteiger partial charge in [-0.05, 0) is 31.8 Å². The minimum absolute atomic E-state index is 0. The van der Waals surface area contributed by atoms with Crippen LogP contribution in [0.1, 0.15) is 129 Å². The highest BCUT2D eigenvalue weighted by Crippen LogP contribution is 2.14. The van der Waals surface area contributed by atoms with Crippen LogP contribution in [0.4, 0.5) is 0 Å². The molecule has 0 aliphatic carbocycles. The van der Waals surface area contributed by atoms with E-state index in [0.717, 1.165) is 12.6 Å². The van der Waals surface area contributed by atoms with E-state index >= 15 is 0 Å². The second-order valence-electron chi connectivity index (χ2n) is 8.56. The number of hydrogen-bond donors (Lipinski definition) is 1. The van der Waals surface area contributed by atoms with Gasteiger partial charge in [-0.2, -0.15) is 0 Å². The summed E-state index contributed by atoms with van der Waals surface area (Å²) in [6, 6.07) is 0.855. The number of likely N-dealkylation sites (N-methyl/N-ethyl adjacent to an activating group) is 1. The zero-order chi connectivity index (χ0) is 19.3. The SMILES string of the molecule is C=CC[NH+](C)C(CCCCCCCCCC)CCCCCCCCCC.[Cl-]. The first kappa shape index (κ1) is 29.2. The molecule has 164 valence electrons. The van der Waals surface area contributed by atoms with Crippen molar-refractivity contribution in [3.8, 4) is 0 Å². The van der Waals surface area contributed by atoms with Crippen molar-refractivity contribution in [2.75, 3.05) is 13.6 Å². The van der Waals surface area contributed by atoms with E-state index in [2.05, 4.69) is 33.6 Å². The Labute approximate surface area is 179 Å². The largest absolute Gasteiger partial charge is 1.00 e. The second kappa shape index (κ2) is 24.0. The number of hydrogen-bond acceptors (Lipinski definition) is 0. The van der Waals surface area contributed by atoms with Crippen LogP contribution in [0.3, 0.4) is 0 Å². The Morgan fingerprint density at radius 2 is 0.963 bits per heavy atom. The molecule has 0 rings (SSSR count). The lowest BCUT2D eigenvalue weighted by molar-refractivity contribution is -0.901. The monoisotopic (exact) mass is 401 g/mol. The number of unbranched alkanes of at least 4 members (excludes halogenated alkanes) is 14. The van der Waals surface area contributed by atoms with Gasteiger partial charge in [0.25, 0.3) is 0 Å². The number of nitrogens with one attached hydrogen (secondary N) is 1. The molecule has 0 aliphatic heterocycles. The predicted octanol–water partition coefficient (Wildman–Crippen LogP) is 4.12. The van der Waals surface area contributed by atoms with Crippen molar-refractivity contribution in [1.29, 1.82) is 0 Å². The molecule has 0 radical (unpaired) electrons. The quantitative estimate of drug-likeness (QED) is 0.218. The fourth-order valence-electron chi connectivity index (χ4n) is 4.08. The molecule has 1 atom stereocenters. The van der Waals surface area contributed by atoms with E-state index in [1.54, 1.807) is 4.90 Å². The summed E-state index contributed by atoms with van der Waals surface area (Å²) in [6.45, 7) is 9.68. The summed E-state index contributed by atoms with van der Waals surface area (Å²) in [5.74, 6) is 0. The van der Waals surface area contributed by atoms with E-state index in [-0.39, 0.29) is 12.4 Å². The fourth-order valence-corrected chi connectivity index (χ4v) is 4.08. The summed E-state index contributed by atoms with van der Waals surface area (Å²) in [5, 5.41) is 0. The van der Waals surface area contributed by atoms with Crippen LogP contribution in [0.5, 0.6) is 0 Å². The Hall–Kier alpha value is -0.0100. The van der Waals surface area contributed by atoms with E-state index in [1.165, 1.54) is 116 Å². The van der Waals surface area contributed by atoms with Gasteiger partial charge in [0.1, 0.15) is 0 Å². The molecule has 0 saturated heterocycles. The van der Waals surface area contributed by atoms with Crippen LogP contribution in [-0.2, 0) is 0 Å². The third-order valence-electron chi connectivity index (χ3n) is 5.98. The Balaban J connectivity index is 0. The summed E-state index contributed by atoms with van der Waals surface area (Å²) >= 11 is 0. The Morgan fingerprint density at radius 1 is 0.630 bits per heavy atom. The first-order valence-corrected chi connectivity index (χ1v) is 12.2. The molecule has 2 heteroatoms. The van der Waals surface area contributed by atoms with Crippen LogP contribution >= 0.6 is 0 Å². The number of quaternary nitrogens is 1. The van der Waals surface area contributed by atoms with Gasteiger partial charge < -0.3 is 17.3 Å². The molecule has 1 unspecified atom stereocenters. The van der Waals surface area contributed by atoms with Crippen molar-refractivity contribution in [3.63, 3.8) is 0 Å². The molecule has 1 nitrogen and oxygen atoms in total. The number of rotatable bonds is 21. The van der Waals surface area contributed by atoms with Gasteiger partial charge in [-0.1, -0.05) is 110 Å². The summed E-state index contributed by atoms with van der Waals surface area (Å²) in [6.07, 6.45) is 27.9. The lowest BCUT2D eigenvalue weighted by Crippen LogP contribution is -3.12. The van der Waals surface area contributed by atoms with Gasteiger partial charge in [-0.15, -0.1) is 0 Å². The average Bonchev–Trinajstić information content (AvgIpc) is 2.64. The molecule has 0 aliphatic rings. The van der Waals surface area contributed by atoms with Crippen LogP contribution in [0.2, 0.25) is 0 Å². The van der Waals surface area contributed by atoms with Crippen LogP contribution in [0.15, 0.2) is 12.7 Å². The molecule has 0 aromatic rings. The van der Waals surface area contributed by atoms with E-state index in [9.17, 15) is 0 Å². The summed E-state index contributed by atoms with van der Waals surface area (Å²) in [7, 11) is 2.38. The molecule has 27 heavy (non-hydrogen) atoms. The van der Waals surface area contributed by atoms with Crippen molar-refractivity contribution in [2.45, 2.75) is 135 Å². The summed E-state index contributed by atoms with van der Waals surface area (Å²) < 4.78 is 0. The van der Waals surface area contributed by atoms with Gasteiger partial charge in [0.15, 0.2) is 0 Å². The van der Waals surface area contributed by atoms with Crippen LogP contribution in [-0.4, -0.2) is 19.6 Å². The molecule has 0 fully saturated rings. The molecule has 0 spiro atoms. The molecule has 0 saturated carbocycles. The Morgan fingerprint density at radius 3 is 1.30 bits per heavy atom. The summed E-state index contributed by atoms with van der Waals surface area (Å²) in [4.78, 5) is 1.69. The highest BCUT2D eigenvalue weighted by atomic mass is 35.5. The van der Waals surface area contributed by atoms with Gasteiger partial charge in [0.05, 0.1) is 19.6 Å². The lowest BCUT2D eigenvalue weighted by atomic mass is 9.98. The van der Waals surface area contributed by atoms with E-state index in [4.69, 9.17) is 0 Å². The van der Waals surface area contributed by atoms with Gasteiger partial charge in [0, 0.05) is 0 Å². The van der Waals surface area contributed by atoms with Gasteiger partial charge in [0.2, 0.25) is 0 Å². The normalized spacial score (nSPS) is 12.1. The van der Waals surface area contributed by atoms with Crippen molar-refractivity contribution in [1.82, 2.24) is 0 Å². The van der Waals surface area contributed by atoms with Crippen molar-refractivity contribution < 1.29 is 17.3 Å². The predicted molar refractivity (Wildman–Crippen MR) is 120 cm³/mol. The van der Waals surface area contributed by atoms with Gasteiger partial charge in [-0.25, -0.2) is 0 Å². The fraction of sp³-hybridized carbons (Fsp3) is 0.920. The second-order valence-corrected chi connectivity index (χ2v) is 8.56. The maximum Gasteiger partial charge on any atom is 0.0955 e. The molecule has 0 aromatic carbocycles. The first-order chi connectivity index (χ1) is 12.8. The first-order valence-electron chi connectivity index (χ1n) is 12.2. The van der Waals surface area contributed by atoms with Crippen molar-refractivity contribution >= 4 is 0 Å². The van der Waals surface area contributed by atoms with E-state index in [0.29, 0.717) is 0 Å². The third kappa shape index (κ3) is 20.5. The standard InChI is InChI=1S/C25H51N.ClH/c1-5-8-10-12-14-16-18-20-22-25(26(4)24-7-3)23-21-19-17-15-13-11-9-6-2;/h7,25H,3,5-6,8-24H2,1-2,4H3;1H.